The maximum Gasteiger partial charge on any atom is 0.240 e. The lowest BCUT2D eigenvalue weighted by atomic mass is 10.2. The van der Waals surface area contributed by atoms with Crippen molar-refractivity contribution in [3.63, 3.8) is 0 Å². The van der Waals surface area contributed by atoms with Crippen LogP contribution < -0.4 is 4.72 Å². The fraction of sp³-hybridized carbons (Fsp3) is 0.364. The molecule has 0 saturated heterocycles. The predicted molar refractivity (Wildman–Crippen MR) is 64.2 cm³/mol. The van der Waals surface area contributed by atoms with Crippen molar-refractivity contribution >= 4 is 10.0 Å². The normalized spacial score (nSPS) is 13.0. The van der Waals surface area contributed by atoms with Crippen molar-refractivity contribution in [1.29, 1.82) is 5.26 Å². The van der Waals surface area contributed by atoms with Gasteiger partial charge < -0.3 is 10.2 Å². The van der Waals surface area contributed by atoms with E-state index < -0.39 is 22.7 Å². The fourth-order valence-corrected chi connectivity index (χ4v) is 2.65. The molecule has 0 radical (unpaired) electrons. The number of aliphatic hydroxyl groups excluding tert-OH is 2. The summed E-state index contributed by atoms with van der Waals surface area (Å²) in [6.07, 6.45) is -1.15. The molecular weight excluding hydrogens is 256 g/mol. The van der Waals surface area contributed by atoms with Crippen LogP contribution in [-0.4, -0.2) is 37.9 Å². The molecule has 0 aliphatic carbocycles. The van der Waals surface area contributed by atoms with E-state index in [1.807, 2.05) is 6.07 Å². The molecule has 0 aliphatic rings. The highest BCUT2D eigenvalue weighted by Crippen LogP contribution is 2.16. The van der Waals surface area contributed by atoms with E-state index in [0.29, 0.717) is 5.56 Å². The average molecular weight is 270 g/mol. The molecular formula is C11H14N2O4S. The lowest BCUT2D eigenvalue weighted by Gasteiger charge is -2.11. The van der Waals surface area contributed by atoms with Gasteiger partial charge >= 0.3 is 0 Å². The number of aliphatic hydroxyl groups is 2. The first-order chi connectivity index (χ1) is 8.40. The minimum Gasteiger partial charge on any atom is -0.394 e. The summed E-state index contributed by atoms with van der Waals surface area (Å²) in [7, 11) is -3.80. The number of sulfonamides is 1. The number of aryl methyl sites for hydroxylation is 1. The number of benzene rings is 1. The van der Waals surface area contributed by atoms with Crippen LogP contribution in [0.4, 0.5) is 0 Å². The highest BCUT2D eigenvalue weighted by molar-refractivity contribution is 7.89. The summed E-state index contributed by atoms with van der Waals surface area (Å²) in [5.74, 6) is 0. The molecule has 6 nitrogen and oxygen atoms in total. The third-order valence-corrected chi connectivity index (χ3v) is 3.89. The molecule has 0 heterocycles. The van der Waals surface area contributed by atoms with Crippen LogP contribution in [0, 0.1) is 18.3 Å². The van der Waals surface area contributed by atoms with Gasteiger partial charge in [-0.25, -0.2) is 13.1 Å². The zero-order valence-corrected chi connectivity index (χ0v) is 10.6. The van der Waals surface area contributed by atoms with Crippen molar-refractivity contribution in [2.75, 3.05) is 13.2 Å². The van der Waals surface area contributed by atoms with Crippen molar-refractivity contribution < 1.29 is 18.6 Å². The Bertz CT molecular complexity index is 563. The molecule has 1 aromatic carbocycles. The first-order valence-electron chi connectivity index (χ1n) is 5.20. The molecule has 18 heavy (non-hydrogen) atoms. The summed E-state index contributed by atoms with van der Waals surface area (Å²) in [4.78, 5) is -0.00769. The molecule has 0 saturated carbocycles. The number of hydrogen-bond donors (Lipinski definition) is 3. The zero-order chi connectivity index (χ0) is 13.8. The largest absolute Gasteiger partial charge is 0.394 e. The number of nitriles is 1. The minimum absolute atomic E-state index is 0.00769. The van der Waals surface area contributed by atoms with Crippen molar-refractivity contribution in [3.8, 4) is 6.07 Å². The Morgan fingerprint density at radius 3 is 2.72 bits per heavy atom. The third-order valence-electron chi connectivity index (χ3n) is 2.33. The average Bonchev–Trinajstić information content (AvgIpc) is 2.36. The standard InChI is InChI=1S/C11H14N2O4S/c1-8-2-3-9(5-12)4-11(8)18(16,17)13-6-10(15)7-14/h2-4,10,13-15H,6-7H2,1H3. The van der Waals surface area contributed by atoms with E-state index in [4.69, 9.17) is 15.5 Å². The van der Waals surface area contributed by atoms with Gasteiger partial charge in [-0.2, -0.15) is 5.26 Å². The van der Waals surface area contributed by atoms with E-state index in [1.54, 1.807) is 6.92 Å². The van der Waals surface area contributed by atoms with Crippen molar-refractivity contribution in [2.24, 2.45) is 0 Å². The van der Waals surface area contributed by atoms with Gasteiger partial charge in [-0.3, -0.25) is 0 Å². The van der Waals surface area contributed by atoms with Gasteiger partial charge in [0.25, 0.3) is 0 Å². The summed E-state index contributed by atoms with van der Waals surface area (Å²) in [5.41, 5.74) is 0.740. The maximum absolute atomic E-state index is 11.9. The van der Waals surface area contributed by atoms with Gasteiger partial charge in [0.1, 0.15) is 0 Å². The Morgan fingerprint density at radius 1 is 1.50 bits per heavy atom. The summed E-state index contributed by atoms with van der Waals surface area (Å²) in [6.45, 7) is 0.799. The van der Waals surface area contributed by atoms with Gasteiger partial charge in [-0.05, 0) is 24.6 Å². The van der Waals surface area contributed by atoms with Crippen LogP contribution in [0.5, 0.6) is 0 Å². The van der Waals surface area contributed by atoms with Crippen LogP contribution in [0.3, 0.4) is 0 Å². The third kappa shape index (κ3) is 3.51. The summed E-state index contributed by atoms with van der Waals surface area (Å²) in [5, 5.41) is 26.5. The van der Waals surface area contributed by atoms with Gasteiger partial charge in [0.15, 0.2) is 0 Å². The highest BCUT2D eigenvalue weighted by atomic mass is 32.2. The van der Waals surface area contributed by atoms with E-state index >= 15 is 0 Å². The lowest BCUT2D eigenvalue weighted by Crippen LogP contribution is -2.34. The number of rotatable bonds is 5. The Kier molecular flexibility index (Phi) is 4.81. The van der Waals surface area contributed by atoms with Gasteiger partial charge in [-0.1, -0.05) is 6.07 Å². The van der Waals surface area contributed by atoms with Gasteiger partial charge in [-0.15, -0.1) is 0 Å². The summed E-state index contributed by atoms with van der Waals surface area (Å²) < 4.78 is 26.0. The van der Waals surface area contributed by atoms with Gasteiger partial charge in [0.2, 0.25) is 10.0 Å². The van der Waals surface area contributed by atoms with Crippen LogP contribution in [0.1, 0.15) is 11.1 Å². The highest BCUT2D eigenvalue weighted by Gasteiger charge is 2.18. The Labute approximate surface area is 106 Å². The number of hydrogen-bond acceptors (Lipinski definition) is 5. The zero-order valence-electron chi connectivity index (χ0n) is 9.79. The second kappa shape index (κ2) is 5.93. The van der Waals surface area contributed by atoms with E-state index in [9.17, 15) is 8.42 Å². The first kappa shape index (κ1) is 14.6. The predicted octanol–water partition coefficient (Wildman–Crippen LogP) is -0.502. The van der Waals surface area contributed by atoms with Crippen LogP contribution in [0.15, 0.2) is 23.1 Å². The topological polar surface area (TPSA) is 110 Å². The number of nitrogens with zero attached hydrogens (tertiary/aromatic N) is 1. The second-order valence-corrected chi connectivity index (χ2v) is 5.52. The quantitative estimate of drug-likeness (QED) is 0.668. The molecule has 0 bridgehead atoms. The maximum atomic E-state index is 11.9. The summed E-state index contributed by atoms with van der Waals surface area (Å²) in [6, 6.07) is 6.19. The van der Waals surface area contributed by atoms with Crippen LogP contribution in [0.2, 0.25) is 0 Å². The van der Waals surface area contributed by atoms with Crippen LogP contribution >= 0.6 is 0 Å². The van der Waals surface area contributed by atoms with Crippen LogP contribution in [0.25, 0.3) is 0 Å². The van der Waals surface area contributed by atoms with Crippen molar-refractivity contribution in [3.05, 3.63) is 29.3 Å². The first-order valence-corrected chi connectivity index (χ1v) is 6.68. The molecule has 0 fully saturated rings. The smallest absolute Gasteiger partial charge is 0.240 e. The molecule has 0 aliphatic heterocycles. The van der Waals surface area contributed by atoms with Crippen molar-refractivity contribution in [2.45, 2.75) is 17.9 Å². The monoisotopic (exact) mass is 270 g/mol. The molecule has 0 aromatic heterocycles. The van der Waals surface area contributed by atoms with Crippen LogP contribution in [-0.2, 0) is 10.0 Å². The van der Waals surface area contributed by atoms with E-state index in [1.165, 1.54) is 18.2 Å². The molecule has 1 atom stereocenters. The molecule has 0 amide bonds. The van der Waals surface area contributed by atoms with E-state index in [0.717, 1.165) is 0 Å². The second-order valence-electron chi connectivity index (χ2n) is 3.78. The molecule has 1 unspecified atom stereocenters. The van der Waals surface area contributed by atoms with E-state index in [2.05, 4.69) is 4.72 Å². The Balaban J connectivity index is 3.02. The Morgan fingerprint density at radius 2 is 2.17 bits per heavy atom. The fourth-order valence-electron chi connectivity index (χ4n) is 1.31. The molecule has 0 spiro atoms. The van der Waals surface area contributed by atoms with E-state index in [-0.39, 0.29) is 17.0 Å². The molecule has 98 valence electrons. The van der Waals surface area contributed by atoms with Gasteiger partial charge in [0, 0.05) is 6.54 Å². The summed E-state index contributed by atoms with van der Waals surface area (Å²) >= 11 is 0. The number of nitrogens with one attached hydrogen (secondary N) is 1. The molecule has 7 heteroatoms. The lowest BCUT2D eigenvalue weighted by molar-refractivity contribution is 0.0988. The van der Waals surface area contributed by atoms with Gasteiger partial charge in [0.05, 0.1) is 29.2 Å². The Hall–Kier alpha value is -1.46. The molecule has 1 aromatic rings. The molecule has 1 rings (SSSR count). The molecule has 3 N–H and O–H groups in total. The van der Waals surface area contributed by atoms with Crippen molar-refractivity contribution in [1.82, 2.24) is 4.72 Å². The minimum atomic E-state index is -3.80. The SMILES string of the molecule is Cc1ccc(C#N)cc1S(=O)(=O)NCC(O)CO.